The van der Waals surface area contributed by atoms with Crippen LogP contribution in [0.2, 0.25) is 0 Å². The smallest absolute Gasteiger partial charge is 0.600 e. The molecule has 1 aliphatic rings. The van der Waals surface area contributed by atoms with Crippen molar-refractivity contribution in [2.24, 2.45) is 0 Å². The zero-order valence-electron chi connectivity index (χ0n) is 14.0. The number of aryl methyl sites for hydroxylation is 1. The van der Waals surface area contributed by atoms with Crippen LogP contribution in [-0.2, 0) is 15.6 Å². The van der Waals surface area contributed by atoms with Crippen molar-refractivity contribution in [2.75, 3.05) is 0 Å². The Bertz CT molecular complexity index is 907. The largest absolute Gasteiger partial charge is 0.741 e. The van der Waals surface area contributed by atoms with Gasteiger partial charge in [-0.05, 0) is 31.4 Å². The van der Waals surface area contributed by atoms with Crippen LogP contribution in [0.4, 0.5) is 26.3 Å². The summed E-state index contributed by atoms with van der Waals surface area (Å²) in [6.45, 7) is 1.89. The van der Waals surface area contributed by atoms with E-state index in [1.807, 2.05) is 19.1 Å². The zero-order chi connectivity index (χ0) is 20.6. The third kappa shape index (κ3) is 4.94. The first kappa shape index (κ1) is 22.0. The van der Waals surface area contributed by atoms with Gasteiger partial charge >= 0.3 is 11.0 Å². The number of halogens is 6. The Morgan fingerprint density at radius 3 is 2.04 bits per heavy atom. The Hall–Kier alpha value is -1.33. The molecular weight excluding hydrogens is 418 g/mol. The fraction of sp³-hybridized carbons (Fsp3) is 0.500. The van der Waals surface area contributed by atoms with Crippen molar-refractivity contribution in [3.8, 4) is 0 Å². The molecule has 11 heteroatoms. The van der Waals surface area contributed by atoms with Gasteiger partial charge in [-0.25, -0.2) is 8.42 Å². The molecule has 3 rings (SSSR count). The Morgan fingerprint density at radius 2 is 1.59 bits per heavy atom. The van der Waals surface area contributed by atoms with Crippen LogP contribution in [0.15, 0.2) is 24.3 Å². The van der Waals surface area contributed by atoms with Crippen molar-refractivity contribution in [1.29, 1.82) is 0 Å². The first-order valence-electron chi connectivity index (χ1n) is 7.88. The lowest BCUT2D eigenvalue weighted by molar-refractivity contribution is -0.0868. The monoisotopic (exact) mass is 434 g/mol. The second-order valence-corrected chi connectivity index (χ2v) is 9.52. The number of rotatable bonds is 1. The SMILES string of the molecule is Cc1cccc2c1cc(C1CCCC1)[s+]2C(F)(F)F.O=S(=O)([O-])C(F)(F)F. The van der Waals surface area contributed by atoms with Crippen molar-refractivity contribution in [2.45, 2.75) is 49.5 Å². The van der Waals surface area contributed by atoms with E-state index in [0.29, 0.717) is 9.58 Å². The van der Waals surface area contributed by atoms with Gasteiger partial charge in [0.1, 0.15) is 0 Å². The molecule has 0 aliphatic heterocycles. The van der Waals surface area contributed by atoms with Gasteiger partial charge in [-0.15, -0.1) is 13.2 Å². The Balaban J connectivity index is 0.000000279. The standard InChI is InChI=1S/C15H16F3S.CHF3O3S/c1-10-5-4-8-13-12(10)9-14(11-6-2-3-7-11)19(13)15(16,17)18;2-1(3,4)8(5,6)7/h4-5,8-9,11H,2-3,6-7H2,1H3;(H,5,6,7)/q+1;/p-1. The van der Waals surface area contributed by atoms with Crippen molar-refractivity contribution in [3.05, 3.63) is 34.7 Å². The van der Waals surface area contributed by atoms with Crippen molar-refractivity contribution in [3.63, 3.8) is 0 Å². The molecule has 1 saturated carbocycles. The first-order chi connectivity index (χ1) is 12.2. The minimum absolute atomic E-state index is 0.136. The van der Waals surface area contributed by atoms with E-state index in [9.17, 15) is 26.3 Å². The molecule has 0 N–H and O–H groups in total. The molecule has 27 heavy (non-hydrogen) atoms. The van der Waals surface area contributed by atoms with Crippen molar-refractivity contribution < 1.29 is 39.3 Å². The molecule has 1 aromatic carbocycles. The molecule has 3 nitrogen and oxygen atoms in total. The lowest BCUT2D eigenvalue weighted by Crippen LogP contribution is -2.21. The lowest BCUT2D eigenvalue weighted by atomic mass is 10.0. The van der Waals surface area contributed by atoms with Crippen LogP contribution in [0.3, 0.4) is 0 Å². The van der Waals surface area contributed by atoms with E-state index < -0.39 is 31.6 Å². The van der Waals surface area contributed by atoms with Gasteiger partial charge in [-0.3, -0.25) is 0 Å². The maximum Gasteiger partial charge on any atom is 0.600 e. The maximum atomic E-state index is 13.4. The fourth-order valence-electron chi connectivity index (χ4n) is 3.10. The van der Waals surface area contributed by atoms with Crippen LogP contribution < -0.4 is 0 Å². The van der Waals surface area contributed by atoms with Crippen LogP contribution in [0, 0.1) is 6.92 Å². The van der Waals surface area contributed by atoms with E-state index in [4.69, 9.17) is 13.0 Å². The van der Waals surface area contributed by atoms with E-state index in [-0.39, 0.29) is 5.92 Å². The molecule has 1 aliphatic carbocycles. The third-order valence-corrected chi connectivity index (χ3v) is 7.05. The Labute approximate surface area is 154 Å². The van der Waals surface area contributed by atoms with Gasteiger partial charge in [-0.1, -0.05) is 25.0 Å². The average molecular weight is 434 g/mol. The molecule has 1 fully saturated rings. The minimum atomic E-state index is -6.09. The number of alkyl halides is 6. The number of thiophene rings is 1. The van der Waals surface area contributed by atoms with Crippen LogP contribution >= 0.6 is 10.5 Å². The summed E-state index contributed by atoms with van der Waals surface area (Å²) in [5.41, 5.74) is -8.84. The topological polar surface area (TPSA) is 57.2 Å². The van der Waals surface area contributed by atoms with Gasteiger partial charge in [0.25, 0.3) is 0 Å². The molecule has 0 amide bonds. The van der Waals surface area contributed by atoms with Gasteiger partial charge in [0.2, 0.25) is 0 Å². The summed E-state index contributed by atoms with van der Waals surface area (Å²) in [4.78, 5) is 0.634. The molecule has 1 heterocycles. The van der Waals surface area contributed by atoms with Crippen LogP contribution in [-0.4, -0.2) is 18.5 Å². The Morgan fingerprint density at radius 1 is 1.07 bits per heavy atom. The maximum absolute atomic E-state index is 13.4. The van der Waals surface area contributed by atoms with Crippen LogP contribution in [0.25, 0.3) is 10.1 Å². The van der Waals surface area contributed by atoms with E-state index in [0.717, 1.165) is 36.6 Å². The van der Waals surface area contributed by atoms with Crippen molar-refractivity contribution >= 4 is 30.7 Å². The molecule has 1 unspecified atom stereocenters. The van der Waals surface area contributed by atoms with E-state index in [2.05, 4.69) is 0 Å². The average Bonchev–Trinajstić information content (AvgIpc) is 3.12. The summed E-state index contributed by atoms with van der Waals surface area (Å²) in [6, 6.07) is 7.12. The summed E-state index contributed by atoms with van der Waals surface area (Å²) in [7, 11) is -7.79. The van der Waals surface area contributed by atoms with Gasteiger partial charge in [-0.2, -0.15) is 13.2 Å². The van der Waals surface area contributed by atoms with E-state index >= 15 is 0 Å². The number of hydrogen-bond acceptors (Lipinski definition) is 3. The van der Waals surface area contributed by atoms with Gasteiger partial charge < -0.3 is 4.55 Å². The first-order valence-corrected chi connectivity index (χ1v) is 10.5. The minimum Gasteiger partial charge on any atom is -0.741 e. The van der Waals surface area contributed by atoms with Gasteiger partial charge in [0.05, 0.1) is 10.5 Å². The molecule has 0 spiro atoms. The van der Waals surface area contributed by atoms with Gasteiger partial charge in [0, 0.05) is 17.4 Å². The number of hydrogen-bond donors (Lipinski definition) is 0. The predicted octanol–water partition coefficient (Wildman–Crippen LogP) is 6.08. The highest BCUT2D eigenvalue weighted by Gasteiger charge is 2.49. The molecule has 2 aromatic rings. The molecule has 0 saturated heterocycles. The summed E-state index contributed by atoms with van der Waals surface area (Å²) in [5.74, 6) is 0.136. The second-order valence-electron chi connectivity index (χ2n) is 6.17. The normalized spacial score (nSPS) is 17.1. The van der Waals surface area contributed by atoms with Crippen LogP contribution in [0.5, 0.6) is 0 Å². The van der Waals surface area contributed by atoms with E-state index in [1.165, 1.54) is 0 Å². The predicted molar refractivity (Wildman–Crippen MR) is 89.4 cm³/mol. The number of benzene rings is 1. The molecule has 0 radical (unpaired) electrons. The highest BCUT2D eigenvalue weighted by molar-refractivity contribution is 7.86. The zero-order valence-corrected chi connectivity index (χ0v) is 15.7. The fourth-order valence-corrected chi connectivity index (χ4v) is 5.33. The summed E-state index contributed by atoms with van der Waals surface area (Å²) in [6.07, 6.45) is 3.95. The molecule has 1 atom stereocenters. The lowest BCUT2D eigenvalue weighted by Gasteiger charge is -2.08. The van der Waals surface area contributed by atoms with Crippen molar-refractivity contribution in [1.82, 2.24) is 0 Å². The third-order valence-electron chi connectivity index (χ3n) is 4.30. The van der Waals surface area contributed by atoms with Gasteiger partial charge in [0.15, 0.2) is 19.7 Å². The molecular formula is C16H16F6O3S2. The highest BCUT2D eigenvalue weighted by atomic mass is 32.2. The summed E-state index contributed by atoms with van der Waals surface area (Å²) in [5, 5.41) is 0.810. The molecule has 152 valence electrons. The summed E-state index contributed by atoms with van der Waals surface area (Å²) >= 11 is 0. The molecule has 1 aromatic heterocycles. The van der Waals surface area contributed by atoms with Crippen LogP contribution in [0.1, 0.15) is 42.0 Å². The number of fused-ring (bicyclic) bond motifs is 1. The highest BCUT2D eigenvalue weighted by Crippen LogP contribution is 2.55. The second kappa shape index (κ2) is 7.59. The quantitative estimate of drug-likeness (QED) is 0.236. The summed E-state index contributed by atoms with van der Waals surface area (Å²) < 4.78 is 99.7. The molecule has 0 bridgehead atoms. The van der Waals surface area contributed by atoms with E-state index in [1.54, 1.807) is 12.1 Å². The Kier molecular flexibility index (Phi) is 6.18.